The molecule has 1 aliphatic carbocycles. The van der Waals surface area contributed by atoms with Gasteiger partial charge in [0.25, 0.3) is 0 Å². The van der Waals surface area contributed by atoms with Crippen LogP contribution in [0.3, 0.4) is 0 Å². The summed E-state index contributed by atoms with van der Waals surface area (Å²) in [5, 5.41) is 10.9. The summed E-state index contributed by atoms with van der Waals surface area (Å²) in [6.45, 7) is 12.6. The minimum absolute atomic E-state index is 0.204. The third-order valence-electron chi connectivity index (χ3n) is 7.67. The van der Waals surface area contributed by atoms with Crippen LogP contribution < -0.4 is 0 Å². The van der Waals surface area contributed by atoms with E-state index >= 15 is 0 Å². The molecule has 0 saturated heterocycles. The van der Waals surface area contributed by atoms with Gasteiger partial charge in [-0.3, -0.25) is 4.79 Å². The highest BCUT2D eigenvalue weighted by Crippen LogP contribution is 2.40. The minimum Gasteiger partial charge on any atom is -0.507 e. The Kier molecular flexibility index (Phi) is 12.8. The summed E-state index contributed by atoms with van der Waals surface area (Å²) < 4.78 is 0. The maximum absolute atomic E-state index is 13.0. The van der Waals surface area contributed by atoms with E-state index in [-0.39, 0.29) is 16.6 Å². The van der Waals surface area contributed by atoms with Crippen LogP contribution in [0.15, 0.2) is 24.3 Å². The van der Waals surface area contributed by atoms with Crippen LogP contribution in [-0.2, 0) is 10.8 Å². The molecule has 0 aliphatic heterocycles. The van der Waals surface area contributed by atoms with Crippen molar-refractivity contribution in [2.45, 2.75) is 155 Å². The average molecular weight is 497 g/mol. The lowest BCUT2D eigenvalue weighted by Crippen LogP contribution is -2.18. The number of hydrogen-bond acceptors (Lipinski definition) is 2. The lowest BCUT2D eigenvalue weighted by molar-refractivity contribution is 0.0979. The zero-order valence-corrected chi connectivity index (χ0v) is 24.6. The van der Waals surface area contributed by atoms with E-state index < -0.39 is 0 Å². The molecule has 0 radical (unpaired) electrons. The molecule has 1 fully saturated rings. The third-order valence-corrected chi connectivity index (χ3v) is 7.67. The number of allylic oxidation sites excluding steroid dienone is 2. The Balaban J connectivity index is 1.57. The quantitative estimate of drug-likeness (QED) is 0.132. The SMILES string of the molecule is CC(C)(C)c1cc(C(=O)CCCCCCCC/C=C/CCCCCCC2CC2)cc(C(C)(C)C)c1O. The molecule has 204 valence electrons. The monoisotopic (exact) mass is 496 g/mol. The molecule has 0 aromatic heterocycles. The summed E-state index contributed by atoms with van der Waals surface area (Å²) in [4.78, 5) is 13.0. The van der Waals surface area contributed by atoms with Crippen LogP contribution in [0.5, 0.6) is 5.75 Å². The molecule has 2 rings (SSSR count). The first-order valence-electron chi connectivity index (χ1n) is 15.1. The zero-order chi connectivity index (χ0) is 26.6. The molecule has 1 N–H and O–H groups in total. The number of ketones is 1. The van der Waals surface area contributed by atoms with Gasteiger partial charge >= 0.3 is 0 Å². The van der Waals surface area contributed by atoms with E-state index in [1.165, 1.54) is 83.5 Å². The van der Waals surface area contributed by atoms with Gasteiger partial charge in [-0.15, -0.1) is 0 Å². The van der Waals surface area contributed by atoms with E-state index in [2.05, 4.69) is 53.7 Å². The van der Waals surface area contributed by atoms with E-state index in [4.69, 9.17) is 0 Å². The molecule has 2 nitrogen and oxygen atoms in total. The highest BCUT2D eigenvalue weighted by Gasteiger charge is 2.27. The summed E-state index contributed by atoms with van der Waals surface area (Å²) in [5.74, 6) is 1.65. The van der Waals surface area contributed by atoms with E-state index in [9.17, 15) is 9.90 Å². The molecular formula is C34H56O2. The molecule has 2 heteroatoms. The zero-order valence-electron chi connectivity index (χ0n) is 24.6. The molecule has 0 bridgehead atoms. The summed E-state index contributed by atoms with van der Waals surface area (Å²) in [6.07, 6.45) is 25.1. The standard InChI is InChI=1S/C34H56O2/c1-33(2,3)29-25-28(26-30(32(29)36)34(4,5)6)31(35)22-20-18-16-14-12-10-8-7-9-11-13-15-17-19-21-27-23-24-27/h7,9,25-27,36H,8,10-24H2,1-6H3/b9-7+. The van der Waals surface area contributed by atoms with E-state index in [1.54, 1.807) is 0 Å². The lowest BCUT2D eigenvalue weighted by atomic mass is 9.78. The van der Waals surface area contributed by atoms with Gasteiger partial charge in [0.15, 0.2) is 5.78 Å². The molecule has 1 aliphatic rings. The second-order valence-electron chi connectivity index (χ2n) is 13.4. The largest absolute Gasteiger partial charge is 0.507 e. The lowest BCUT2D eigenvalue weighted by Gasteiger charge is -2.28. The Bertz CT molecular complexity index is 780. The fraction of sp³-hybridized carbons (Fsp3) is 0.735. The Morgan fingerprint density at radius 1 is 0.750 bits per heavy atom. The summed E-state index contributed by atoms with van der Waals surface area (Å²) in [5.41, 5.74) is 2.09. The van der Waals surface area contributed by atoms with Crippen LogP contribution in [0, 0.1) is 5.92 Å². The van der Waals surface area contributed by atoms with Crippen molar-refractivity contribution >= 4 is 5.78 Å². The van der Waals surface area contributed by atoms with Crippen LogP contribution in [0.1, 0.15) is 166 Å². The highest BCUT2D eigenvalue weighted by atomic mass is 16.3. The smallest absolute Gasteiger partial charge is 0.162 e. The molecule has 1 aromatic carbocycles. The summed E-state index contributed by atoms with van der Waals surface area (Å²) >= 11 is 0. The molecule has 1 aromatic rings. The van der Waals surface area contributed by atoms with Crippen LogP contribution >= 0.6 is 0 Å². The highest BCUT2D eigenvalue weighted by molar-refractivity contribution is 5.96. The molecule has 0 spiro atoms. The first-order valence-corrected chi connectivity index (χ1v) is 15.1. The summed E-state index contributed by atoms with van der Waals surface area (Å²) in [6, 6.07) is 3.85. The van der Waals surface area contributed by atoms with Crippen LogP contribution in [0.25, 0.3) is 0 Å². The van der Waals surface area contributed by atoms with Crippen molar-refractivity contribution in [2.24, 2.45) is 5.92 Å². The van der Waals surface area contributed by atoms with Crippen molar-refractivity contribution < 1.29 is 9.90 Å². The average Bonchev–Trinajstić information content (AvgIpc) is 3.61. The van der Waals surface area contributed by atoms with E-state index in [0.29, 0.717) is 12.2 Å². The molecule has 0 heterocycles. The number of carbonyl (C=O) groups is 1. The Labute approximate surface area is 223 Å². The van der Waals surface area contributed by atoms with Gasteiger partial charge in [0.1, 0.15) is 5.75 Å². The van der Waals surface area contributed by atoms with Crippen molar-refractivity contribution in [3.63, 3.8) is 0 Å². The number of rotatable bonds is 17. The summed E-state index contributed by atoms with van der Waals surface area (Å²) in [7, 11) is 0. The van der Waals surface area contributed by atoms with Crippen molar-refractivity contribution in [1.82, 2.24) is 0 Å². The number of aromatic hydroxyl groups is 1. The normalized spacial score (nSPS) is 14.6. The van der Waals surface area contributed by atoms with Crippen LogP contribution in [-0.4, -0.2) is 10.9 Å². The van der Waals surface area contributed by atoms with Gasteiger partial charge in [-0.1, -0.05) is 118 Å². The predicted molar refractivity (Wildman–Crippen MR) is 156 cm³/mol. The minimum atomic E-state index is -0.204. The van der Waals surface area contributed by atoms with Crippen LogP contribution in [0.2, 0.25) is 0 Å². The van der Waals surface area contributed by atoms with Gasteiger partial charge in [-0.2, -0.15) is 0 Å². The first-order chi connectivity index (χ1) is 17.0. The number of unbranched alkanes of at least 4 members (excludes halogenated alkanes) is 10. The van der Waals surface area contributed by atoms with Crippen molar-refractivity contribution in [2.75, 3.05) is 0 Å². The molecule has 1 saturated carbocycles. The first kappa shape index (κ1) is 30.7. The topological polar surface area (TPSA) is 37.3 Å². The van der Waals surface area contributed by atoms with Gasteiger partial charge in [0, 0.05) is 23.1 Å². The number of benzene rings is 1. The maximum Gasteiger partial charge on any atom is 0.162 e. The fourth-order valence-electron chi connectivity index (χ4n) is 5.03. The number of phenols is 1. The number of hydrogen-bond donors (Lipinski definition) is 1. The van der Waals surface area contributed by atoms with Gasteiger partial charge in [0.05, 0.1) is 0 Å². The fourth-order valence-corrected chi connectivity index (χ4v) is 5.03. The van der Waals surface area contributed by atoms with Crippen LogP contribution in [0.4, 0.5) is 0 Å². The van der Waals surface area contributed by atoms with Crippen molar-refractivity contribution in [3.8, 4) is 5.75 Å². The van der Waals surface area contributed by atoms with E-state index in [1.807, 2.05) is 12.1 Å². The number of phenolic OH excluding ortho intramolecular Hbond substituents is 1. The number of carbonyl (C=O) groups excluding carboxylic acids is 1. The second kappa shape index (κ2) is 15.0. The van der Waals surface area contributed by atoms with Gasteiger partial charge in [-0.05, 0) is 61.0 Å². The van der Waals surface area contributed by atoms with Gasteiger partial charge in [0.2, 0.25) is 0 Å². The molecule has 0 atom stereocenters. The Morgan fingerprint density at radius 3 is 1.67 bits per heavy atom. The van der Waals surface area contributed by atoms with Crippen molar-refractivity contribution in [1.29, 1.82) is 0 Å². The number of Topliss-reactive ketones (excluding diaryl/α,β-unsaturated/α-hetero) is 1. The third kappa shape index (κ3) is 11.7. The van der Waals surface area contributed by atoms with Crippen molar-refractivity contribution in [3.05, 3.63) is 41.0 Å². The molecule has 0 amide bonds. The van der Waals surface area contributed by atoms with Gasteiger partial charge in [-0.25, -0.2) is 0 Å². The molecule has 36 heavy (non-hydrogen) atoms. The molecular weight excluding hydrogens is 440 g/mol. The Hall–Kier alpha value is -1.57. The molecule has 0 unspecified atom stereocenters. The van der Waals surface area contributed by atoms with Gasteiger partial charge < -0.3 is 5.11 Å². The maximum atomic E-state index is 13.0. The second-order valence-corrected chi connectivity index (χ2v) is 13.4. The predicted octanol–water partition coefficient (Wildman–Crippen LogP) is 10.6. The van der Waals surface area contributed by atoms with E-state index in [0.717, 1.165) is 35.4 Å². The Morgan fingerprint density at radius 2 is 1.19 bits per heavy atom.